The Morgan fingerprint density at radius 1 is 1.37 bits per heavy atom. The van der Waals surface area contributed by atoms with E-state index in [9.17, 15) is 9.00 Å². The SMILES string of the molecule is CN(CCC#N)C(=O)CCS(=O)Cc1ccccc1. The molecule has 19 heavy (non-hydrogen) atoms. The molecule has 0 radical (unpaired) electrons. The minimum atomic E-state index is -1.03. The second kappa shape index (κ2) is 8.44. The van der Waals surface area contributed by atoms with Gasteiger partial charge in [0.25, 0.3) is 0 Å². The topological polar surface area (TPSA) is 61.2 Å². The van der Waals surface area contributed by atoms with Gasteiger partial charge in [-0.05, 0) is 5.56 Å². The van der Waals surface area contributed by atoms with Crippen LogP contribution in [0.15, 0.2) is 30.3 Å². The Balaban J connectivity index is 2.30. The number of amides is 1. The number of benzene rings is 1. The van der Waals surface area contributed by atoms with Gasteiger partial charge in [0.05, 0.1) is 12.5 Å². The zero-order valence-corrected chi connectivity index (χ0v) is 11.9. The molecule has 0 N–H and O–H groups in total. The van der Waals surface area contributed by atoms with Crippen molar-refractivity contribution in [3.63, 3.8) is 0 Å². The zero-order chi connectivity index (χ0) is 14.1. The molecule has 0 heterocycles. The Morgan fingerprint density at radius 2 is 2.05 bits per heavy atom. The lowest BCUT2D eigenvalue weighted by molar-refractivity contribution is -0.129. The van der Waals surface area contributed by atoms with Crippen LogP contribution in [0.3, 0.4) is 0 Å². The summed E-state index contributed by atoms with van der Waals surface area (Å²) in [5, 5.41) is 8.44. The first-order chi connectivity index (χ1) is 9.13. The molecule has 1 aromatic rings. The van der Waals surface area contributed by atoms with Gasteiger partial charge in [-0.2, -0.15) is 5.26 Å². The molecule has 0 aromatic heterocycles. The molecule has 1 atom stereocenters. The third-order valence-electron chi connectivity index (χ3n) is 2.70. The molecule has 0 fully saturated rings. The van der Waals surface area contributed by atoms with Gasteiger partial charge in [0, 0.05) is 42.3 Å². The monoisotopic (exact) mass is 278 g/mol. The summed E-state index contributed by atoms with van der Waals surface area (Å²) in [7, 11) is 0.640. The fraction of sp³-hybridized carbons (Fsp3) is 0.429. The van der Waals surface area contributed by atoms with Crippen LogP contribution in [0.5, 0.6) is 0 Å². The van der Waals surface area contributed by atoms with E-state index in [1.165, 1.54) is 4.90 Å². The zero-order valence-electron chi connectivity index (χ0n) is 11.0. The highest BCUT2D eigenvalue weighted by molar-refractivity contribution is 7.84. The number of nitrogens with zero attached hydrogens (tertiary/aromatic N) is 2. The highest BCUT2D eigenvalue weighted by Gasteiger charge is 2.10. The fourth-order valence-corrected chi connectivity index (χ4v) is 2.68. The number of rotatable bonds is 7. The van der Waals surface area contributed by atoms with Gasteiger partial charge in [-0.1, -0.05) is 30.3 Å². The standard InChI is InChI=1S/C14H18N2O2S/c1-16(10-5-9-15)14(17)8-11-19(18)12-13-6-3-2-4-7-13/h2-4,6-7H,5,8,10-12H2,1H3. The van der Waals surface area contributed by atoms with E-state index in [0.717, 1.165) is 5.56 Å². The van der Waals surface area contributed by atoms with E-state index < -0.39 is 10.8 Å². The summed E-state index contributed by atoms with van der Waals surface area (Å²) in [4.78, 5) is 13.2. The van der Waals surface area contributed by atoms with Crippen LogP contribution in [0.2, 0.25) is 0 Å². The number of hydrogen-bond acceptors (Lipinski definition) is 3. The van der Waals surface area contributed by atoms with Crippen molar-refractivity contribution in [1.29, 1.82) is 5.26 Å². The van der Waals surface area contributed by atoms with Crippen molar-refractivity contribution in [3.05, 3.63) is 35.9 Å². The summed E-state index contributed by atoms with van der Waals surface area (Å²) < 4.78 is 11.8. The first kappa shape index (κ1) is 15.4. The molecule has 4 nitrogen and oxygen atoms in total. The van der Waals surface area contributed by atoms with Crippen LogP contribution in [-0.4, -0.2) is 34.4 Å². The van der Waals surface area contributed by atoms with Crippen LogP contribution >= 0.6 is 0 Å². The van der Waals surface area contributed by atoms with Gasteiger partial charge < -0.3 is 4.90 Å². The number of hydrogen-bond donors (Lipinski definition) is 0. The van der Waals surface area contributed by atoms with Crippen LogP contribution < -0.4 is 0 Å². The summed E-state index contributed by atoms with van der Waals surface area (Å²) in [6.07, 6.45) is 0.594. The Hall–Kier alpha value is -1.67. The molecule has 0 aliphatic carbocycles. The molecule has 1 rings (SSSR count). The van der Waals surface area contributed by atoms with Crippen molar-refractivity contribution in [1.82, 2.24) is 4.90 Å². The van der Waals surface area contributed by atoms with Crippen molar-refractivity contribution >= 4 is 16.7 Å². The maximum absolute atomic E-state index is 11.8. The highest BCUT2D eigenvalue weighted by Crippen LogP contribution is 2.04. The van der Waals surface area contributed by atoms with E-state index in [-0.39, 0.29) is 12.3 Å². The fourth-order valence-electron chi connectivity index (χ4n) is 1.57. The second-order valence-corrected chi connectivity index (χ2v) is 5.82. The minimum absolute atomic E-state index is 0.0586. The normalized spacial score (nSPS) is 11.6. The van der Waals surface area contributed by atoms with Crippen molar-refractivity contribution in [2.45, 2.75) is 18.6 Å². The summed E-state index contributed by atoms with van der Waals surface area (Å²) >= 11 is 0. The smallest absolute Gasteiger partial charge is 0.223 e. The van der Waals surface area contributed by atoms with Gasteiger partial charge in [-0.3, -0.25) is 9.00 Å². The number of carbonyl (C=O) groups excluding carboxylic acids is 1. The molecule has 0 aliphatic rings. The van der Waals surface area contributed by atoms with Gasteiger partial charge in [0.1, 0.15) is 0 Å². The Labute approximate surface area is 116 Å². The summed E-state index contributed by atoms with van der Waals surface area (Å²) in [5.41, 5.74) is 1.02. The number of carbonyl (C=O) groups is 1. The first-order valence-corrected chi connectivity index (χ1v) is 7.62. The molecule has 0 aliphatic heterocycles. The van der Waals surface area contributed by atoms with Gasteiger partial charge in [-0.15, -0.1) is 0 Å². The Morgan fingerprint density at radius 3 is 2.68 bits per heavy atom. The van der Waals surface area contributed by atoms with Crippen LogP contribution in [-0.2, 0) is 21.3 Å². The van der Waals surface area contributed by atoms with Crippen LogP contribution in [0.4, 0.5) is 0 Å². The van der Waals surface area contributed by atoms with Gasteiger partial charge in [-0.25, -0.2) is 0 Å². The second-order valence-electron chi connectivity index (χ2n) is 4.25. The Kier molecular flexibility index (Phi) is 6.83. The van der Waals surface area contributed by atoms with Crippen molar-refractivity contribution < 1.29 is 9.00 Å². The van der Waals surface area contributed by atoms with Crippen molar-refractivity contribution in [2.24, 2.45) is 0 Å². The quantitative estimate of drug-likeness (QED) is 0.762. The van der Waals surface area contributed by atoms with E-state index in [1.54, 1.807) is 7.05 Å². The highest BCUT2D eigenvalue weighted by atomic mass is 32.2. The lowest BCUT2D eigenvalue weighted by Crippen LogP contribution is -2.28. The average Bonchev–Trinajstić information content (AvgIpc) is 2.43. The van der Waals surface area contributed by atoms with Crippen molar-refractivity contribution in [3.8, 4) is 6.07 Å². The largest absolute Gasteiger partial charge is 0.345 e. The van der Waals surface area contributed by atoms with Crippen LogP contribution in [0, 0.1) is 11.3 Å². The molecule has 5 heteroatoms. The predicted octanol–water partition coefficient (Wildman–Crippen LogP) is 1.70. The van der Waals surface area contributed by atoms with Gasteiger partial charge in [0.15, 0.2) is 0 Å². The molecule has 102 valence electrons. The molecule has 0 bridgehead atoms. The maximum Gasteiger partial charge on any atom is 0.223 e. The molecule has 1 aromatic carbocycles. The van der Waals surface area contributed by atoms with Crippen LogP contribution in [0.1, 0.15) is 18.4 Å². The molecule has 1 amide bonds. The average molecular weight is 278 g/mol. The van der Waals surface area contributed by atoms with Crippen molar-refractivity contribution in [2.75, 3.05) is 19.3 Å². The lowest BCUT2D eigenvalue weighted by Gasteiger charge is -2.14. The molecule has 0 saturated carbocycles. The minimum Gasteiger partial charge on any atom is -0.345 e. The van der Waals surface area contributed by atoms with Gasteiger partial charge >= 0.3 is 0 Å². The lowest BCUT2D eigenvalue weighted by atomic mass is 10.2. The predicted molar refractivity (Wildman–Crippen MR) is 75.6 cm³/mol. The van der Waals surface area contributed by atoms with E-state index in [2.05, 4.69) is 0 Å². The maximum atomic E-state index is 11.8. The molecule has 0 saturated heterocycles. The summed E-state index contributed by atoms with van der Waals surface area (Å²) in [6, 6.07) is 11.6. The van der Waals surface area contributed by atoms with Gasteiger partial charge in [0.2, 0.25) is 5.91 Å². The summed E-state index contributed by atoms with van der Waals surface area (Å²) in [6.45, 7) is 0.431. The third kappa shape index (κ3) is 6.16. The molecule has 1 unspecified atom stereocenters. The third-order valence-corrected chi connectivity index (χ3v) is 4.01. The van der Waals surface area contributed by atoms with E-state index >= 15 is 0 Å². The van der Waals surface area contributed by atoms with E-state index in [4.69, 9.17) is 5.26 Å². The van der Waals surface area contributed by atoms with Crippen LogP contribution in [0.25, 0.3) is 0 Å². The summed E-state index contributed by atoms with van der Waals surface area (Å²) in [5.74, 6) is 0.789. The van der Waals surface area contributed by atoms with E-state index in [1.807, 2.05) is 36.4 Å². The van der Waals surface area contributed by atoms with E-state index in [0.29, 0.717) is 24.5 Å². The molecular weight excluding hydrogens is 260 g/mol. The number of nitriles is 1. The molecule has 0 spiro atoms. The first-order valence-electron chi connectivity index (χ1n) is 6.13. The Bertz CT molecular complexity index is 468. The molecular formula is C14H18N2O2S.